The fraction of sp³-hybridized carbons (Fsp3) is 0. The SMILES string of the molecule is O=S(O)(O)=S.[H-].[H-].[H-].[H-].[H-].[K+].[K+].[K+].[K+].[K+]. The third-order valence-corrected chi connectivity index (χ3v) is 0. The molecule has 0 rings (SSSR count). The molecule has 0 heterocycles. The first kappa shape index (κ1) is 36.3. The Morgan fingerprint density at radius 3 is 1.00 bits per heavy atom. The molecule has 2 N–H and O–H groups in total. The summed E-state index contributed by atoms with van der Waals surface area (Å²) in [7, 11) is -3.83. The van der Waals surface area contributed by atoms with Gasteiger partial charge in [-0.15, -0.1) is 0 Å². The Kier molecular flexibility index (Phi) is 82.1. The molecule has 0 saturated carbocycles. The van der Waals surface area contributed by atoms with Gasteiger partial charge in [0.2, 0.25) is 0 Å². The number of rotatable bonds is 0. The van der Waals surface area contributed by atoms with Crippen LogP contribution in [0.5, 0.6) is 0 Å². The molecule has 42 valence electrons. The van der Waals surface area contributed by atoms with Crippen molar-refractivity contribution in [2.75, 3.05) is 0 Å². The van der Waals surface area contributed by atoms with Gasteiger partial charge >= 0.3 is 257 Å². The van der Waals surface area contributed by atoms with E-state index >= 15 is 0 Å². The molecule has 0 amide bonds. The molecule has 10 heavy (non-hydrogen) atoms. The van der Waals surface area contributed by atoms with Crippen LogP contribution in [0.3, 0.4) is 0 Å². The second-order valence-corrected chi connectivity index (χ2v) is 2.65. The van der Waals surface area contributed by atoms with Crippen molar-refractivity contribution >= 4 is 20.2 Å². The maximum atomic E-state index is 9.11. The summed E-state index contributed by atoms with van der Waals surface area (Å²) in [6.45, 7) is 0. The quantitative estimate of drug-likeness (QED) is 0.436. The Balaban J connectivity index is -0.00000000178. The van der Waals surface area contributed by atoms with Crippen molar-refractivity contribution in [2.24, 2.45) is 0 Å². The Morgan fingerprint density at radius 2 is 1.00 bits per heavy atom. The second-order valence-electron chi connectivity index (χ2n) is 0.448. The average Bonchev–Trinajstić information content (AvgIpc) is 0.722. The topological polar surface area (TPSA) is 57.5 Å². The largest absolute Gasteiger partial charge is 1.00 e. The van der Waals surface area contributed by atoms with E-state index in [0.717, 1.165) is 0 Å². The molecule has 0 spiro atoms. The van der Waals surface area contributed by atoms with Crippen LogP contribution in [-0.2, 0) is 20.2 Å². The zero-order valence-electron chi connectivity index (χ0n) is 12.1. The van der Waals surface area contributed by atoms with E-state index in [1.165, 1.54) is 0 Å². The average molecular weight is 315 g/mol. The van der Waals surface area contributed by atoms with Gasteiger partial charge in [-0.1, -0.05) is 0 Å². The van der Waals surface area contributed by atoms with Crippen molar-refractivity contribution in [1.29, 1.82) is 0 Å². The number of hydrogen-bond donors (Lipinski definition) is 2. The molecule has 10 heteroatoms. The van der Waals surface area contributed by atoms with Crippen LogP contribution >= 0.6 is 0 Å². The molecule has 3 nitrogen and oxygen atoms in total. The monoisotopic (exact) mass is 314 g/mol. The molecule has 0 aliphatic carbocycles. The van der Waals surface area contributed by atoms with Gasteiger partial charge in [0.05, 0.1) is 0 Å². The maximum absolute atomic E-state index is 9.11. The van der Waals surface area contributed by atoms with E-state index in [1.807, 2.05) is 0 Å². The predicted octanol–water partition coefficient (Wildman–Crippen LogP) is -14.7. The van der Waals surface area contributed by atoms with Crippen LogP contribution in [-0.4, -0.2) is 13.3 Å². The molecular formula is H7K5O3S2. The van der Waals surface area contributed by atoms with Gasteiger partial charge in [0.25, 0.3) is 9.05 Å². The summed E-state index contributed by atoms with van der Waals surface area (Å²) >= 11 is 3.47. The van der Waals surface area contributed by atoms with Crippen LogP contribution in [0, 0.1) is 0 Å². The minimum absolute atomic E-state index is 0. The summed E-state index contributed by atoms with van der Waals surface area (Å²) in [6, 6.07) is 0. The van der Waals surface area contributed by atoms with Gasteiger partial charge in [0.1, 0.15) is 0 Å². The molecule has 0 aliphatic rings. The Hall–Kier alpha value is 8.47. The fourth-order valence-corrected chi connectivity index (χ4v) is 0. The first-order valence-electron chi connectivity index (χ1n) is 0.698. The summed E-state index contributed by atoms with van der Waals surface area (Å²) in [5.74, 6) is 0. The molecule has 0 aliphatic heterocycles. The van der Waals surface area contributed by atoms with E-state index in [-0.39, 0.29) is 264 Å². The molecule has 0 atom stereocenters. The van der Waals surface area contributed by atoms with Gasteiger partial charge in [-0.2, -0.15) is 4.21 Å². The molecule has 0 unspecified atom stereocenters. The van der Waals surface area contributed by atoms with Crippen molar-refractivity contribution in [3.8, 4) is 0 Å². The van der Waals surface area contributed by atoms with E-state index in [9.17, 15) is 0 Å². The van der Waals surface area contributed by atoms with E-state index in [4.69, 9.17) is 13.3 Å². The van der Waals surface area contributed by atoms with Crippen LogP contribution in [0.15, 0.2) is 0 Å². The zero-order valence-corrected chi connectivity index (χ0v) is 24.4. The van der Waals surface area contributed by atoms with Crippen molar-refractivity contribution in [1.82, 2.24) is 0 Å². The molecule has 0 aromatic rings. The Labute approximate surface area is 286 Å². The van der Waals surface area contributed by atoms with E-state index in [1.54, 1.807) is 0 Å². The molecule has 0 aromatic heterocycles. The molecule has 0 fully saturated rings. The minimum atomic E-state index is -3.83. The van der Waals surface area contributed by atoms with Gasteiger partial charge in [-0.25, -0.2) is 0 Å². The third-order valence-electron chi connectivity index (χ3n) is 0. The fourth-order valence-electron chi connectivity index (χ4n) is 0. The number of hydrogen-bond acceptors (Lipinski definition) is 2. The first-order chi connectivity index (χ1) is 2.00. The molecule has 0 bridgehead atoms. The van der Waals surface area contributed by atoms with Crippen molar-refractivity contribution in [3.63, 3.8) is 0 Å². The molecule has 0 radical (unpaired) electrons. The van der Waals surface area contributed by atoms with E-state index < -0.39 is 9.05 Å². The maximum Gasteiger partial charge on any atom is 1.00 e. The zero-order chi connectivity index (χ0) is 4.50. The van der Waals surface area contributed by atoms with Crippen LogP contribution in [0.2, 0.25) is 0 Å². The summed E-state index contributed by atoms with van der Waals surface area (Å²) in [5, 5.41) is 0. The van der Waals surface area contributed by atoms with Crippen molar-refractivity contribution in [2.45, 2.75) is 0 Å². The van der Waals surface area contributed by atoms with Gasteiger partial charge in [-0.3, -0.25) is 9.11 Å². The summed E-state index contributed by atoms with van der Waals surface area (Å²) in [6.07, 6.45) is 0. The predicted molar refractivity (Wildman–Crippen MR) is 26.3 cm³/mol. The van der Waals surface area contributed by atoms with Crippen LogP contribution in [0.4, 0.5) is 0 Å². The summed E-state index contributed by atoms with van der Waals surface area (Å²) in [5.41, 5.74) is 0. The van der Waals surface area contributed by atoms with E-state index in [0.29, 0.717) is 0 Å². The van der Waals surface area contributed by atoms with Crippen LogP contribution < -0.4 is 257 Å². The van der Waals surface area contributed by atoms with Crippen LogP contribution in [0.25, 0.3) is 0 Å². The van der Waals surface area contributed by atoms with Crippen molar-refractivity contribution in [3.05, 3.63) is 0 Å². The van der Waals surface area contributed by atoms with Gasteiger partial charge in [-0.05, 0) is 0 Å². The smallest absolute Gasteiger partial charge is 1.00 e. The van der Waals surface area contributed by atoms with Gasteiger partial charge < -0.3 is 7.13 Å². The third kappa shape index (κ3) is 54.9. The van der Waals surface area contributed by atoms with Gasteiger partial charge in [0.15, 0.2) is 0 Å². The summed E-state index contributed by atoms with van der Waals surface area (Å²) < 4.78 is 24.0. The standard InChI is InChI=1S/5K.H2O3S2.5H/c;;;;;1-5(2,3)4;;;;;/h;;;;;(H2,1,2,3,4);;;;;/q5*+1;;5*-1. The first-order valence-corrected chi connectivity index (χ1v) is 3.10. The normalized spacial score (nSPS) is 5.80. The second kappa shape index (κ2) is 22.6. The minimum Gasteiger partial charge on any atom is -1.00 e. The van der Waals surface area contributed by atoms with E-state index in [2.05, 4.69) is 11.2 Å². The van der Waals surface area contributed by atoms with Gasteiger partial charge in [0, 0.05) is 11.2 Å². The Morgan fingerprint density at radius 1 is 1.00 bits per heavy atom. The molecule has 0 aromatic carbocycles. The summed E-state index contributed by atoms with van der Waals surface area (Å²) in [4.78, 5) is 0. The molecular weight excluding hydrogens is 308 g/mol. The van der Waals surface area contributed by atoms with Crippen molar-refractivity contribution < 1.29 is 277 Å². The van der Waals surface area contributed by atoms with Crippen LogP contribution in [0.1, 0.15) is 7.13 Å². The Bertz CT molecular complexity index is 112. The molecule has 0 saturated heterocycles.